The van der Waals surface area contributed by atoms with Crippen LogP contribution in [0.3, 0.4) is 0 Å². The molecule has 6 heteroatoms. The van der Waals surface area contributed by atoms with Gasteiger partial charge in [0.05, 0.1) is 11.2 Å². The quantitative estimate of drug-likeness (QED) is 0.849. The third-order valence-corrected chi connectivity index (χ3v) is 6.46. The third kappa shape index (κ3) is 4.57. The number of imidazole rings is 1. The van der Waals surface area contributed by atoms with Gasteiger partial charge in [-0.3, -0.25) is 4.90 Å². The molecule has 2 saturated heterocycles. The van der Waals surface area contributed by atoms with Crippen molar-refractivity contribution in [1.29, 1.82) is 0 Å². The van der Waals surface area contributed by atoms with Gasteiger partial charge in [0.2, 0.25) is 0 Å². The van der Waals surface area contributed by atoms with Crippen LogP contribution in [0.1, 0.15) is 24.4 Å². The summed E-state index contributed by atoms with van der Waals surface area (Å²) in [7, 11) is 2.23. The van der Waals surface area contributed by atoms with E-state index >= 15 is 0 Å². The molecule has 2 fully saturated rings. The highest BCUT2D eigenvalue weighted by molar-refractivity contribution is 5.53. The van der Waals surface area contributed by atoms with Crippen molar-refractivity contribution in [2.75, 3.05) is 59.5 Å². The maximum Gasteiger partial charge on any atom is 0.110 e. The average molecular weight is 386 g/mol. The lowest BCUT2D eigenvalue weighted by atomic mass is 9.89. The van der Waals surface area contributed by atoms with Gasteiger partial charge < -0.3 is 19.3 Å². The van der Waals surface area contributed by atoms with Gasteiger partial charge in [-0.25, -0.2) is 4.98 Å². The SMILES string of the molecule is Cc1nc(CN2C[C@H](CO)C[C@@H](CN3CCCN(C)CC3)C2)c2ccccn12. The molecule has 2 aliphatic rings. The summed E-state index contributed by atoms with van der Waals surface area (Å²) in [5.74, 6) is 2.05. The van der Waals surface area contributed by atoms with Gasteiger partial charge in [0.25, 0.3) is 0 Å². The molecular formula is C22H35N5O. The van der Waals surface area contributed by atoms with Crippen LogP contribution in [0.2, 0.25) is 0 Å². The Hall–Kier alpha value is -1.47. The predicted octanol–water partition coefficient (Wildman–Crippen LogP) is 1.71. The smallest absolute Gasteiger partial charge is 0.110 e. The maximum absolute atomic E-state index is 9.89. The molecule has 0 unspecified atom stereocenters. The molecule has 2 aromatic heterocycles. The molecule has 0 bridgehead atoms. The van der Waals surface area contributed by atoms with Crippen LogP contribution in [-0.4, -0.2) is 88.7 Å². The number of pyridine rings is 1. The first kappa shape index (κ1) is 19.8. The molecule has 0 amide bonds. The number of fused-ring (bicyclic) bond motifs is 1. The van der Waals surface area contributed by atoms with Gasteiger partial charge in [-0.2, -0.15) is 0 Å². The second kappa shape index (κ2) is 8.91. The summed E-state index contributed by atoms with van der Waals surface area (Å²) in [4.78, 5) is 12.4. The molecule has 4 rings (SSSR count). The van der Waals surface area contributed by atoms with Crippen LogP contribution in [-0.2, 0) is 6.54 Å². The molecule has 6 nitrogen and oxygen atoms in total. The lowest BCUT2D eigenvalue weighted by molar-refractivity contribution is 0.0623. The fraction of sp³-hybridized carbons (Fsp3) is 0.682. The van der Waals surface area contributed by atoms with Crippen molar-refractivity contribution in [2.45, 2.75) is 26.3 Å². The summed E-state index contributed by atoms with van der Waals surface area (Å²) in [5.41, 5.74) is 2.37. The summed E-state index contributed by atoms with van der Waals surface area (Å²) in [6, 6.07) is 6.31. The van der Waals surface area contributed by atoms with Crippen LogP contribution < -0.4 is 0 Å². The zero-order valence-corrected chi connectivity index (χ0v) is 17.4. The van der Waals surface area contributed by atoms with E-state index in [1.54, 1.807) is 0 Å². The molecule has 0 aromatic carbocycles. The number of likely N-dealkylation sites (tertiary alicyclic amines) is 1. The van der Waals surface area contributed by atoms with Crippen LogP contribution in [0.15, 0.2) is 24.4 Å². The van der Waals surface area contributed by atoms with E-state index < -0.39 is 0 Å². The molecule has 0 radical (unpaired) electrons. The standard InChI is InChI=1S/C22H35N5O/c1-18-23-21(22-6-3-4-9-27(18)22)16-26-14-19(12-20(15-26)17-28)13-25-8-5-7-24(2)10-11-25/h3-4,6,9,19-20,28H,5,7-8,10-17H2,1-2H3/t19-,20+/m0/s1. The van der Waals surface area contributed by atoms with Gasteiger partial charge in [0.15, 0.2) is 0 Å². The Morgan fingerprint density at radius 1 is 1.07 bits per heavy atom. The molecule has 2 aromatic rings. The van der Waals surface area contributed by atoms with E-state index in [1.165, 1.54) is 38.1 Å². The van der Waals surface area contributed by atoms with E-state index in [1.807, 2.05) is 0 Å². The topological polar surface area (TPSA) is 47.2 Å². The number of hydrogen-bond donors (Lipinski definition) is 1. The first-order valence-corrected chi connectivity index (χ1v) is 10.8. The van der Waals surface area contributed by atoms with E-state index in [9.17, 15) is 5.11 Å². The van der Waals surface area contributed by atoms with E-state index in [0.717, 1.165) is 44.1 Å². The third-order valence-electron chi connectivity index (χ3n) is 6.46. The molecule has 0 aliphatic carbocycles. The minimum absolute atomic E-state index is 0.290. The lowest BCUT2D eigenvalue weighted by Gasteiger charge is -2.39. The van der Waals surface area contributed by atoms with Crippen molar-refractivity contribution in [3.63, 3.8) is 0 Å². The second-order valence-electron chi connectivity index (χ2n) is 8.86. The summed E-state index contributed by atoms with van der Waals surface area (Å²) in [6.45, 7) is 11.2. The summed E-state index contributed by atoms with van der Waals surface area (Å²) in [5, 5.41) is 9.89. The van der Waals surface area contributed by atoms with Crippen molar-refractivity contribution in [1.82, 2.24) is 24.1 Å². The molecule has 2 atom stereocenters. The number of aromatic nitrogens is 2. The van der Waals surface area contributed by atoms with Gasteiger partial charge in [0, 0.05) is 52.1 Å². The number of aryl methyl sites for hydroxylation is 1. The van der Waals surface area contributed by atoms with Crippen molar-refractivity contribution in [3.05, 3.63) is 35.9 Å². The minimum Gasteiger partial charge on any atom is -0.396 e. The fourth-order valence-corrected chi connectivity index (χ4v) is 5.06. The maximum atomic E-state index is 9.89. The number of aliphatic hydroxyl groups is 1. The number of nitrogens with zero attached hydrogens (tertiary/aromatic N) is 5. The van der Waals surface area contributed by atoms with Crippen LogP contribution >= 0.6 is 0 Å². The van der Waals surface area contributed by atoms with Crippen molar-refractivity contribution in [3.8, 4) is 0 Å². The van der Waals surface area contributed by atoms with Crippen LogP contribution in [0, 0.1) is 18.8 Å². The Labute approximate surface area is 168 Å². The van der Waals surface area contributed by atoms with E-state index in [2.05, 4.69) is 57.5 Å². The number of rotatable bonds is 5. The van der Waals surface area contributed by atoms with E-state index in [-0.39, 0.29) is 0 Å². The monoisotopic (exact) mass is 385 g/mol. The van der Waals surface area contributed by atoms with Gasteiger partial charge in [-0.05, 0) is 63.9 Å². The minimum atomic E-state index is 0.290. The van der Waals surface area contributed by atoms with Crippen molar-refractivity contribution >= 4 is 5.52 Å². The van der Waals surface area contributed by atoms with Gasteiger partial charge in [0.1, 0.15) is 5.82 Å². The lowest BCUT2D eigenvalue weighted by Crippen LogP contribution is -2.45. The fourth-order valence-electron chi connectivity index (χ4n) is 5.06. The predicted molar refractivity (Wildman–Crippen MR) is 112 cm³/mol. The molecule has 1 N–H and O–H groups in total. The van der Waals surface area contributed by atoms with Gasteiger partial charge in [-0.15, -0.1) is 0 Å². The van der Waals surface area contributed by atoms with E-state index in [0.29, 0.717) is 18.4 Å². The second-order valence-corrected chi connectivity index (χ2v) is 8.86. The number of likely N-dealkylation sites (N-methyl/N-ethyl adjacent to an activating group) is 1. The van der Waals surface area contributed by atoms with Crippen molar-refractivity contribution < 1.29 is 5.11 Å². The highest BCUT2D eigenvalue weighted by atomic mass is 16.3. The normalized spacial score (nSPS) is 26.0. The summed E-state index contributed by atoms with van der Waals surface area (Å²) < 4.78 is 2.17. The molecule has 154 valence electrons. The van der Waals surface area contributed by atoms with E-state index in [4.69, 9.17) is 4.98 Å². The number of piperidine rings is 1. The van der Waals surface area contributed by atoms with Gasteiger partial charge >= 0.3 is 0 Å². The molecule has 0 saturated carbocycles. The highest BCUT2D eigenvalue weighted by Crippen LogP contribution is 2.25. The van der Waals surface area contributed by atoms with Gasteiger partial charge in [-0.1, -0.05) is 6.07 Å². The molecule has 0 spiro atoms. The average Bonchev–Trinajstić information content (AvgIpc) is 2.86. The van der Waals surface area contributed by atoms with Crippen LogP contribution in [0.4, 0.5) is 0 Å². The summed E-state index contributed by atoms with van der Waals surface area (Å²) >= 11 is 0. The molecular weight excluding hydrogens is 350 g/mol. The van der Waals surface area contributed by atoms with Crippen molar-refractivity contribution in [2.24, 2.45) is 11.8 Å². The molecule has 2 aliphatic heterocycles. The van der Waals surface area contributed by atoms with Crippen LogP contribution in [0.5, 0.6) is 0 Å². The first-order valence-electron chi connectivity index (χ1n) is 10.8. The largest absolute Gasteiger partial charge is 0.396 e. The Balaban J connectivity index is 1.43. The number of hydrogen-bond acceptors (Lipinski definition) is 5. The highest BCUT2D eigenvalue weighted by Gasteiger charge is 2.29. The Morgan fingerprint density at radius 3 is 2.79 bits per heavy atom. The zero-order valence-electron chi connectivity index (χ0n) is 17.4. The Morgan fingerprint density at radius 2 is 1.93 bits per heavy atom. The van der Waals surface area contributed by atoms with Crippen LogP contribution in [0.25, 0.3) is 5.52 Å². The first-order chi connectivity index (χ1) is 13.6. The number of aliphatic hydroxyl groups excluding tert-OH is 1. The molecule has 28 heavy (non-hydrogen) atoms. The zero-order chi connectivity index (χ0) is 19.5. The Kier molecular flexibility index (Phi) is 6.31. The molecule has 4 heterocycles. The Bertz CT molecular complexity index is 775. The summed E-state index contributed by atoms with van der Waals surface area (Å²) in [6.07, 6.45) is 4.49.